The van der Waals surface area contributed by atoms with Gasteiger partial charge < -0.3 is 9.64 Å². The van der Waals surface area contributed by atoms with Gasteiger partial charge in [0.1, 0.15) is 16.1 Å². The molecule has 1 amide bonds. The van der Waals surface area contributed by atoms with Crippen LogP contribution in [0.2, 0.25) is 5.02 Å². The average molecular weight is 412 g/mol. The minimum absolute atomic E-state index is 0.159. The summed E-state index contributed by atoms with van der Waals surface area (Å²) in [6.07, 6.45) is 0. The number of amides is 1. The van der Waals surface area contributed by atoms with E-state index in [2.05, 4.69) is 14.6 Å². The number of hydrogen-bond donors (Lipinski definition) is 0. The number of likely N-dealkylation sites (N-methyl/N-ethyl adjacent to an activating group) is 1. The van der Waals surface area contributed by atoms with Crippen LogP contribution < -0.4 is 9.64 Å². The van der Waals surface area contributed by atoms with Gasteiger partial charge in [0, 0.05) is 13.1 Å². The molecule has 0 spiro atoms. The zero-order valence-corrected chi connectivity index (χ0v) is 17.2. The van der Waals surface area contributed by atoms with E-state index in [0.29, 0.717) is 45.1 Å². The van der Waals surface area contributed by atoms with Crippen molar-refractivity contribution in [1.29, 1.82) is 0 Å². The summed E-state index contributed by atoms with van der Waals surface area (Å²) in [6, 6.07) is 3.55. The molecule has 3 rings (SSSR count). The molecule has 0 bridgehead atoms. The first-order valence-corrected chi connectivity index (χ1v) is 9.77. The van der Waals surface area contributed by atoms with Crippen molar-refractivity contribution in [2.45, 2.75) is 6.92 Å². The van der Waals surface area contributed by atoms with Crippen LogP contribution in [-0.2, 0) is 0 Å². The molecule has 0 atom stereocenters. The molecule has 0 aliphatic heterocycles. The molecule has 138 valence electrons. The molecule has 0 saturated heterocycles. The van der Waals surface area contributed by atoms with Gasteiger partial charge in [0.05, 0.1) is 22.5 Å². The van der Waals surface area contributed by atoms with Gasteiger partial charge in [-0.2, -0.15) is 0 Å². The number of aromatic nitrogens is 3. The van der Waals surface area contributed by atoms with Crippen molar-refractivity contribution in [3.8, 4) is 5.75 Å². The molecular weight excluding hydrogens is 394 g/mol. The monoisotopic (exact) mass is 411 g/mol. The van der Waals surface area contributed by atoms with Crippen molar-refractivity contribution in [3.63, 3.8) is 0 Å². The highest BCUT2D eigenvalue weighted by atomic mass is 35.5. The Morgan fingerprint density at radius 1 is 1.31 bits per heavy atom. The van der Waals surface area contributed by atoms with E-state index >= 15 is 0 Å². The van der Waals surface area contributed by atoms with Crippen molar-refractivity contribution in [1.82, 2.24) is 19.5 Å². The van der Waals surface area contributed by atoms with Gasteiger partial charge in [-0.3, -0.25) is 9.69 Å². The number of ether oxygens (including phenoxy) is 1. The van der Waals surface area contributed by atoms with Gasteiger partial charge in [-0.15, -0.1) is 5.10 Å². The second-order valence-corrected chi connectivity index (χ2v) is 8.01. The molecule has 0 radical (unpaired) electrons. The Hall–Kier alpha value is -1.81. The summed E-state index contributed by atoms with van der Waals surface area (Å²) < 4.78 is 10.0. The Balaban J connectivity index is 2.07. The summed E-state index contributed by atoms with van der Waals surface area (Å²) in [5.74, 6) is 0.469. The fourth-order valence-electron chi connectivity index (χ4n) is 2.36. The number of aryl methyl sites for hydroxylation is 1. The van der Waals surface area contributed by atoms with Crippen LogP contribution in [0, 0.1) is 6.92 Å². The van der Waals surface area contributed by atoms with Crippen molar-refractivity contribution in [2.75, 3.05) is 39.2 Å². The maximum Gasteiger partial charge on any atom is 0.273 e. The van der Waals surface area contributed by atoms with Crippen LogP contribution in [0.3, 0.4) is 0 Å². The van der Waals surface area contributed by atoms with Gasteiger partial charge in [0.25, 0.3) is 5.91 Å². The van der Waals surface area contributed by atoms with E-state index in [-0.39, 0.29) is 5.91 Å². The molecule has 0 N–H and O–H groups in total. The molecule has 2 aromatic heterocycles. The molecular formula is C16H18ClN5O2S2. The van der Waals surface area contributed by atoms with Gasteiger partial charge in [-0.05, 0) is 44.7 Å². The van der Waals surface area contributed by atoms with E-state index in [1.54, 1.807) is 31.1 Å². The lowest BCUT2D eigenvalue weighted by atomic mass is 10.3. The first-order chi connectivity index (χ1) is 12.4. The highest BCUT2D eigenvalue weighted by Crippen LogP contribution is 2.39. The number of carbonyl (C=O) groups is 1. The van der Waals surface area contributed by atoms with E-state index < -0.39 is 0 Å². The van der Waals surface area contributed by atoms with E-state index in [4.69, 9.17) is 16.3 Å². The Kier molecular flexibility index (Phi) is 5.71. The number of nitrogens with zero attached hydrogens (tertiary/aromatic N) is 5. The SMILES string of the molecule is COc1ccc(Cl)c2sc(N(CCN(C)C)C(=O)c3snnc3C)nc12. The molecule has 10 heteroatoms. The number of hydrogen-bond acceptors (Lipinski definition) is 8. The third-order valence-corrected chi connectivity index (χ3v) is 6.11. The first-order valence-electron chi connectivity index (χ1n) is 7.81. The summed E-state index contributed by atoms with van der Waals surface area (Å²) in [4.78, 5) is 21.9. The molecule has 0 aliphatic carbocycles. The quantitative estimate of drug-likeness (QED) is 0.619. The minimum atomic E-state index is -0.159. The number of rotatable bonds is 6. The van der Waals surface area contributed by atoms with Gasteiger partial charge in [-0.1, -0.05) is 27.4 Å². The zero-order valence-electron chi connectivity index (χ0n) is 14.8. The molecule has 2 heterocycles. The first kappa shape index (κ1) is 19.0. The Labute approximate surface area is 164 Å². The lowest BCUT2D eigenvalue weighted by Crippen LogP contribution is -2.36. The van der Waals surface area contributed by atoms with Crippen LogP contribution in [-0.4, -0.2) is 59.7 Å². The molecule has 1 aromatic carbocycles. The van der Waals surface area contributed by atoms with E-state index in [9.17, 15) is 4.79 Å². The Bertz CT molecular complexity index is 940. The zero-order chi connectivity index (χ0) is 18.8. The molecule has 3 aromatic rings. The molecule has 0 fully saturated rings. The Morgan fingerprint density at radius 3 is 2.69 bits per heavy atom. The lowest BCUT2D eigenvalue weighted by Gasteiger charge is -2.21. The summed E-state index contributed by atoms with van der Waals surface area (Å²) in [5.41, 5.74) is 1.27. The largest absolute Gasteiger partial charge is 0.494 e. The fraction of sp³-hybridized carbons (Fsp3) is 0.375. The highest BCUT2D eigenvalue weighted by molar-refractivity contribution is 7.23. The number of halogens is 1. The number of anilines is 1. The van der Waals surface area contributed by atoms with E-state index in [0.717, 1.165) is 16.2 Å². The summed E-state index contributed by atoms with van der Waals surface area (Å²) in [6.45, 7) is 2.96. The maximum absolute atomic E-state index is 13.1. The third-order valence-electron chi connectivity index (χ3n) is 3.76. The van der Waals surface area contributed by atoms with E-state index in [1.165, 1.54) is 11.3 Å². The van der Waals surface area contributed by atoms with Crippen LogP contribution in [0.15, 0.2) is 12.1 Å². The molecule has 26 heavy (non-hydrogen) atoms. The predicted molar refractivity (Wildman–Crippen MR) is 106 cm³/mol. The van der Waals surface area contributed by atoms with Crippen LogP contribution in [0.4, 0.5) is 5.13 Å². The number of thiazole rings is 1. The lowest BCUT2D eigenvalue weighted by molar-refractivity contribution is 0.0988. The van der Waals surface area contributed by atoms with Gasteiger partial charge in [0.15, 0.2) is 5.13 Å². The van der Waals surface area contributed by atoms with Crippen molar-refractivity contribution < 1.29 is 9.53 Å². The summed E-state index contributed by atoms with van der Waals surface area (Å²) in [7, 11) is 5.50. The molecule has 0 unspecified atom stereocenters. The second kappa shape index (κ2) is 7.83. The highest BCUT2D eigenvalue weighted by Gasteiger charge is 2.26. The van der Waals surface area contributed by atoms with Gasteiger partial charge >= 0.3 is 0 Å². The molecule has 0 aliphatic rings. The number of fused-ring (bicyclic) bond motifs is 1. The summed E-state index contributed by atoms with van der Waals surface area (Å²) in [5, 5.41) is 5.10. The number of carbonyl (C=O) groups excluding carboxylic acids is 1. The topological polar surface area (TPSA) is 71.5 Å². The predicted octanol–water partition coefficient (Wildman–Crippen LogP) is 3.33. The Morgan fingerprint density at radius 2 is 2.08 bits per heavy atom. The van der Waals surface area contributed by atoms with Crippen LogP contribution >= 0.6 is 34.5 Å². The van der Waals surface area contributed by atoms with E-state index in [1.807, 2.05) is 19.0 Å². The van der Waals surface area contributed by atoms with Crippen LogP contribution in [0.1, 0.15) is 15.4 Å². The average Bonchev–Trinajstić information content (AvgIpc) is 3.22. The maximum atomic E-state index is 13.1. The number of methoxy groups -OCH3 is 1. The van der Waals surface area contributed by atoms with Gasteiger partial charge in [-0.25, -0.2) is 4.98 Å². The fourth-order valence-corrected chi connectivity index (χ4v) is 4.24. The van der Waals surface area contributed by atoms with Crippen LogP contribution in [0.25, 0.3) is 10.2 Å². The van der Waals surface area contributed by atoms with Gasteiger partial charge in [0.2, 0.25) is 0 Å². The summed E-state index contributed by atoms with van der Waals surface area (Å²) >= 11 is 8.79. The van der Waals surface area contributed by atoms with Crippen molar-refractivity contribution in [2.24, 2.45) is 0 Å². The molecule has 0 saturated carbocycles. The molecule has 7 nitrogen and oxygen atoms in total. The third kappa shape index (κ3) is 3.66. The minimum Gasteiger partial charge on any atom is -0.494 e. The standard InChI is InChI=1S/C16H18ClN5O2S2/c1-9-13(26-20-19-9)15(23)22(8-7-21(2)3)16-18-12-11(24-4)6-5-10(17)14(12)25-16/h5-6H,7-8H2,1-4H3. The second-order valence-electron chi connectivity index (χ2n) is 5.87. The normalized spacial score (nSPS) is 11.3. The van der Waals surface area contributed by atoms with Crippen molar-refractivity contribution >= 4 is 55.7 Å². The number of benzene rings is 1. The smallest absolute Gasteiger partial charge is 0.273 e. The van der Waals surface area contributed by atoms with Crippen LogP contribution in [0.5, 0.6) is 5.75 Å². The van der Waals surface area contributed by atoms with Crippen molar-refractivity contribution in [3.05, 3.63) is 27.7 Å².